The molecule has 0 aliphatic heterocycles. The lowest BCUT2D eigenvalue weighted by molar-refractivity contribution is -0.385. The van der Waals surface area contributed by atoms with Crippen molar-refractivity contribution >= 4 is 22.4 Å². The molecule has 2 aromatic rings. The van der Waals surface area contributed by atoms with E-state index < -0.39 is 16.6 Å². The highest BCUT2D eigenvalue weighted by molar-refractivity contribution is 5.93. The van der Waals surface area contributed by atoms with Crippen molar-refractivity contribution in [1.29, 1.82) is 0 Å². The predicted molar refractivity (Wildman–Crippen MR) is 78.6 cm³/mol. The number of nitro groups is 1. The average molecular weight is 305 g/mol. The van der Waals surface area contributed by atoms with Crippen molar-refractivity contribution in [3.63, 3.8) is 0 Å². The maximum Gasteiger partial charge on any atom is 0.308 e. The fourth-order valence-corrected chi connectivity index (χ4v) is 1.98. The number of nitro benzene ring substituents is 1. The minimum Gasteiger partial charge on any atom is -0.504 e. The average Bonchev–Trinajstić information content (AvgIpc) is 2.47. The van der Waals surface area contributed by atoms with Crippen LogP contribution in [0, 0.1) is 16.0 Å². The molecule has 0 aliphatic carbocycles. The van der Waals surface area contributed by atoms with E-state index in [2.05, 4.69) is 0 Å². The van der Waals surface area contributed by atoms with Crippen molar-refractivity contribution in [2.75, 3.05) is 0 Å². The molecule has 0 aromatic heterocycles. The monoisotopic (exact) mass is 305 g/mol. The zero-order chi connectivity index (χ0) is 16.4. The second-order valence-electron chi connectivity index (χ2n) is 5.15. The van der Waals surface area contributed by atoms with Crippen LogP contribution in [0.25, 0.3) is 10.8 Å². The summed E-state index contributed by atoms with van der Waals surface area (Å²) in [7, 11) is 0. The summed E-state index contributed by atoms with van der Waals surface area (Å²) in [5.74, 6) is -1.57. The van der Waals surface area contributed by atoms with Crippen molar-refractivity contribution in [2.24, 2.45) is 5.92 Å². The zero-order valence-corrected chi connectivity index (χ0v) is 12.1. The van der Waals surface area contributed by atoms with Gasteiger partial charge in [0.25, 0.3) is 5.69 Å². The van der Waals surface area contributed by atoms with Gasteiger partial charge in [0.15, 0.2) is 11.5 Å². The first-order chi connectivity index (χ1) is 10.3. The molecule has 0 bridgehead atoms. The Morgan fingerprint density at radius 2 is 2.00 bits per heavy atom. The van der Waals surface area contributed by atoms with Gasteiger partial charge in [-0.3, -0.25) is 14.9 Å². The maximum atomic E-state index is 11.5. The van der Waals surface area contributed by atoms with Crippen LogP contribution in [-0.4, -0.2) is 21.1 Å². The quantitative estimate of drug-likeness (QED) is 0.389. The molecule has 0 spiro atoms. The Kier molecular flexibility index (Phi) is 4.16. The van der Waals surface area contributed by atoms with E-state index in [1.54, 1.807) is 13.8 Å². The number of carbonyl (C=O) groups is 1. The van der Waals surface area contributed by atoms with Crippen LogP contribution in [0.15, 0.2) is 24.3 Å². The molecule has 0 unspecified atom stereocenters. The Morgan fingerprint density at radius 3 is 2.59 bits per heavy atom. The first kappa shape index (κ1) is 15.6. The Bertz CT molecular complexity index is 753. The van der Waals surface area contributed by atoms with E-state index in [-0.39, 0.29) is 34.9 Å². The molecule has 0 heterocycles. The Labute approximate surface area is 125 Å². The van der Waals surface area contributed by atoms with E-state index in [4.69, 9.17) is 4.74 Å². The third kappa shape index (κ3) is 2.93. The van der Waals surface area contributed by atoms with Crippen LogP contribution in [0.4, 0.5) is 5.69 Å². The van der Waals surface area contributed by atoms with Crippen LogP contribution >= 0.6 is 0 Å². The molecule has 7 nitrogen and oxygen atoms in total. The van der Waals surface area contributed by atoms with Gasteiger partial charge in [0, 0.05) is 11.5 Å². The van der Waals surface area contributed by atoms with E-state index in [0.717, 1.165) is 6.07 Å². The van der Waals surface area contributed by atoms with Gasteiger partial charge in [0.2, 0.25) is 0 Å². The van der Waals surface area contributed by atoms with Gasteiger partial charge in [-0.25, -0.2) is 0 Å². The largest absolute Gasteiger partial charge is 0.504 e. The maximum absolute atomic E-state index is 11.5. The van der Waals surface area contributed by atoms with Gasteiger partial charge in [-0.2, -0.15) is 0 Å². The van der Waals surface area contributed by atoms with Gasteiger partial charge in [-0.05, 0) is 17.5 Å². The second-order valence-corrected chi connectivity index (χ2v) is 5.15. The molecule has 2 N–H and O–H groups in total. The fourth-order valence-electron chi connectivity index (χ4n) is 1.98. The lowest BCUT2D eigenvalue weighted by Crippen LogP contribution is -2.12. The standard InChI is InChI=1S/C15H15NO6/c1-8(2)15(19)22-7-10-5-9-3-4-13(17)14(18)11(9)6-12(10)16(20)21/h3-6,8,17-18H,7H2,1-2H3. The van der Waals surface area contributed by atoms with Crippen molar-refractivity contribution in [3.8, 4) is 11.5 Å². The zero-order valence-electron chi connectivity index (χ0n) is 12.1. The molecule has 0 aliphatic rings. The Hall–Kier alpha value is -2.83. The number of aromatic hydroxyl groups is 2. The molecule has 2 aromatic carbocycles. The number of hydrogen-bond donors (Lipinski definition) is 2. The molecule has 0 amide bonds. The number of benzene rings is 2. The lowest BCUT2D eigenvalue weighted by Gasteiger charge is -2.10. The summed E-state index contributed by atoms with van der Waals surface area (Å²) in [5.41, 5.74) is -0.0680. The van der Waals surface area contributed by atoms with Gasteiger partial charge in [0.05, 0.1) is 16.4 Å². The fraction of sp³-hybridized carbons (Fsp3) is 0.267. The molecule has 0 saturated heterocycles. The third-order valence-corrected chi connectivity index (χ3v) is 3.21. The summed E-state index contributed by atoms with van der Waals surface area (Å²) >= 11 is 0. The third-order valence-electron chi connectivity index (χ3n) is 3.21. The summed E-state index contributed by atoms with van der Waals surface area (Å²) in [6.07, 6.45) is 0. The van der Waals surface area contributed by atoms with Crippen LogP contribution in [0.1, 0.15) is 19.4 Å². The molecule has 7 heteroatoms. The second kappa shape index (κ2) is 5.88. The minimum absolute atomic E-state index is 0.158. The first-order valence-corrected chi connectivity index (χ1v) is 6.60. The Balaban J connectivity index is 2.49. The first-order valence-electron chi connectivity index (χ1n) is 6.60. The summed E-state index contributed by atoms with van der Waals surface area (Å²) in [5, 5.41) is 31.1. The van der Waals surface area contributed by atoms with Crippen LogP contribution in [-0.2, 0) is 16.1 Å². The van der Waals surface area contributed by atoms with Crippen LogP contribution in [0.5, 0.6) is 11.5 Å². The van der Waals surface area contributed by atoms with Crippen molar-refractivity contribution in [1.82, 2.24) is 0 Å². The van der Waals surface area contributed by atoms with E-state index in [0.29, 0.717) is 5.39 Å². The molecule has 0 radical (unpaired) electrons. The van der Waals surface area contributed by atoms with Gasteiger partial charge in [-0.15, -0.1) is 0 Å². The highest BCUT2D eigenvalue weighted by Gasteiger charge is 2.19. The van der Waals surface area contributed by atoms with Crippen molar-refractivity contribution < 1.29 is 24.7 Å². The number of hydrogen-bond acceptors (Lipinski definition) is 6. The molecule has 0 fully saturated rings. The molecule has 2 rings (SSSR count). The minimum atomic E-state index is -0.624. The lowest BCUT2D eigenvalue weighted by atomic mass is 10.0. The number of ether oxygens (including phenoxy) is 1. The van der Waals surface area contributed by atoms with Crippen LogP contribution < -0.4 is 0 Å². The number of rotatable bonds is 4. The highest BCUT2D eigenvalue weighted by atomic mass is 16.6. The van der Waals surface area contributed by atoms with Gasteiger partial charge in [0.1, 0.15) is 6.61 Å². The smallest absolute Gasteiger partial charge is 0.308 e. The molecule has 0 atom stereocenters. The number of nitrogens with zero attached hydrogens (tertiary/aromatic N) is 1. The number of carbonyl (C=O) groups excluding carboxylic acids is 1. The van der Waals surface area contributed by atoms with Crippen molar-refractivity contribution in [2.45, 2.75) is 20.5 Å². The van der Waals surface area contributed by atoms with Crippen LogP contribution in [0.3, 0.4) is 0 Å². The number of fused-ring (bicyclic) bond motifs is 1. The SMILES string of the molecule is CC(C)C(=O)OCc1cc2ccc(O)c(O)c2cc1[N+](=O)[O-]. The van der Waals surface area contributed by atoms with E-state index in [1.807, 2.05) is 0 Å². The number of esters is 1. The Morgan fingerprint density at radius 1 is 1.32 bits per heavy atom. The van der Waals surface area contributed by atoms with Crippen LogP contribution in [0.2, 0.25) is 0 Å². The molecular weight excluding hydrogens is 290 g/mol. The topological polar surface area (TPSA) is 110 Å². The van der Waals surface area contributed by atoms with Crippen molar-refractivity contribution in [3.05, 3.63) is 39.9 Å². The molecule has 116 valence electrons. The van der Waals surface area contributed by atoms with E-state index in [9.17, 15) is 25.1 Å². The summed E-state index contributed by atoms with van der Waals surface area (Å²) in [6, 6.07) is 5.42. The van der Waals surface area contributed by atoms with E-state index in [1.165, 1.54) is 18.2 Å². The van der Waals surface area contributed by atoms with E-state index >= 15 is 0 Å². The van der Waals surface area contributed by atoms with Gasteiger partial charge < -0.3 is 14.9 Å². The number of phenolic OH excluding ortho intramolecular Hbond substituents is 2. The summed E-state index contributed by atoms with van der Waals surface area (Å²) in [4.78, 5) is 22.0. The number of phenols is 2. The van der Waals surface area contributed by atoms with Gasteiger partial charge in [-0.1, -0.05) is 19.9 Å². The molecular formula is C15H15NO6. The predicted octanol–water partition coefficient (Wildman–Crippen LogP) is 2.86. The summed E-state index contributed by atoms with van der Waals surface area (Å²) < 4.78 is 5.03. The molecule has 0 saturated carbocycles. The van der Waals surface area contributed by atoms with Gasteiger partial charge >= 0.3 is 5.97 Å². The summed E-state index contributed by atoms with van der Waals surface area (Å²) in [6.45, 7) is 3.10. The molecule has 22 heavy (non-hydrogen) atoms. The normalized spacial score (nSPS) is 10.9. The highest BCUT2D eigenvalue weighted by Crippen LogP contribution is 2.37.